The van der Waals surface area contributed by atoms with Gasteiger partial charge in [-0.2, -0.15) is 4.52 Å². The Kier molecular flexibility index (Phi) is 3.80. The molecule has 140 valence electrons. The molecule has 0 bridgehead atoms. The van der Waals surface area contributed by atoms with Crippen LogP contribution in [0.5, 0.6) is 0 Å². The summed E-state index contributed by atoms with van der Waals surface area (Å²) in [5, 5.41) is 8.53. The summed E-state index contributed by atoms with van der Waals surface area (Å²) >= 11 is 0. The molecule has 4 heterocycles. The average molecular weight is 367 g/mol. The number of anilines is 1. The molecule has 0 radical (unpaired) electrons. The minimum absolute atomic E-state index is 0.0190. The van der Waals surface area contributed by atoms with Crippen LogP contribution >= 0.6 is 0 Å². The molecule has 5 rings (SSSR count). The zero-order chi connectivity index (χ0) is 18.4. The van der Waals surface area contributed by atoms with E-state index in [0.717, 1.165) is 48.5 Å². The van der Waals surface area contributed by atoms with Crippen molar-refractivity contribution in [1.29, 1.82) is 0 Å². The van der Waals surface area contributed by atoms with Crippen molar-refractivity contribution in [3.63, 3.8) is 0 Å². The maximum Gasteiger partial charge on any atom is 0.276 e. The van der Waals surface area contributed by atoms with Crippen LogP contribution in [0.4, 0.5) is 5.82 Å². The lowest BCUT2D eigenvalue weighted by Crippen LogP contribution is -2.49. The highest BCUT2D eigenvalue weighted by atomic mass is 16.5. The number of piperazine rings is 1. The lowest BCUT2D eigenvalue weighted by molar-refractivity contribution is 0.0735. The van der Waals surface area contributed by atoms with Crippen molar-refractivity contribution in [1.82, 2.24) is 29.6 Å². The van der Waals surface area contributed by atoms with E-state index in [0.29, 0.717) is 37.7 Å². The first-order chi connectivity index (χ1) is 13.2. The van der Waals surface area contributed by atoms with Crippen LogP contribution in [-0.4, -0.2) is 61.7 Å². The molecule has 1 fully saturated rings. The van der Waals surface area contributed by atoms with Crippen molar-refractivity contribution < 1.29 is 9.32 Å². The Morgan fingerprint density at radius 1 is 1.11 bits per heavy atom. The Morgan fingerprint density at radius 3 is 2.78 bits per heavy atom. The summed E-state index contributed by atoms with van der Waals surface area (Å²) in [6, 6.07) is 0. The summed E-state index contributed by atoms with van der Waals surface area (Å²) in [4.78, 5) is 25.6. The van der Waals surface area contributed by atoms with Crippen LogP contribution in [-0.2, 0) is 12.8 Å². The number of aryl methyl sites for hydroxylation is 2. The molecule has 1 aliphatic heterocycles. The monoisotopic (exact) mass is 367 g/mol. The van der Waals surface area contributed by atoms with Gasteiger partial charge in [-0.25, -0.2) is 4.98 Å². The number of rotatable bonds is 2. The first-order valence-corrected chi connectivity index (χ1v) is 9.40. The van der Waals surface area contributed by atoms with Crippen LogP contribution in [0.1, 0.15) is 40.5 Å². The van der Waals surface area contributed by atoms with Gasteiger partial charge in [0.1, 0.15) is 11.6 Å². The Morgan fingerprint density at radius 2 is 1.93 bits per heavy atom. The smallest absolute Gasteiger partial charge is 0.276 e. The second kappa shape index (κ2) is 6.33. The van der Waals surface area contributed by atoms with Gasteiger partial charge in [-0.3, -0.25) is 9.78 Å². The normalized spacial score (nSPS) is 17.4. The Balaban J connectivity index is 1.33. The van der Waals surface area contributed by atoms with E-state index in [4.69, 9.17) is 4.52 Å². The van der Waals surface area contributed by atoms with Crippen LogP contribution in [0.3, 0.4) is 0 Å². The van der Waals surface area contributed by atoms with E-state index < -0.39 is 0 Å². The third kappa shape index (κ3) is 2.73. The van der Waals surface area contributed by atoms with Gasteiger partial charge in [-0.1, -0.05) is 5.16 Å². The molecular formula is C18H21N7O2. The van der Waals surface area contributed by atoms with Crippen LogP contribution in [0.2, 0.25) is 0 Å². The van der Waals surface area contributed by atoms with Crippen molar-refractivity contribution >= 4 is 17.4 Å². The van der Waals surface area contributed by atoms with Gasteiger partial charge in [0.25, 0.3) is 5.91 Å². The predicted molar refractivity (Wildman–Crippen MR) is 96.8 cm³/mol. The second-order valence-electron chi connectivity index (χ2n) is 7.11. The van der Waals surface area contributed by atoms with Gasteiger partial charge in [-0.05, 0) is 26.2 Å². The van der Waals surface area contributed by atoms with Crippen molar-refractivity contribution in [3.8, 4) is 0 Å². The highest BCUT2D eigenvalue weighted by Crippen LogP contribution is 2.25. The van der Waals surface area contributed by atoms with E-state index >= 15 is 0 Å². The molecule has 0 N–H and O–H groups in total. The third-order valence-electron chi connectivity index (χ3n) is 5.38. The van der Waals surface area contributed by atoms with Gasteiger partial charge in [0.2, 0.25) is 0 Å². The van der Waals surface area contributed by atoms with Gasteiger partial charge in [0, 0.05) is 38.2 Å². The highest BCUT2D eigenvalue weighted by Gasteiger charge is 2.30. The molecule has 1 aliphatic carbocycles. The largest absolute Gasteiger partial charge is 0.360 e. The molecule has 3 aromatic heterocycles. The molecule has 0 saturated carbocycles. The number of nitrogens with zero attached hydrogens (tertiary/aromatic N) is 7. The Hall–Kier alpha value is -2.97. The van der Waals surface area contributed by atoms with E-state index in [1.54, 1.807) is 12.4 Å². The van der Waals surface area contributed by atoms with Crippen LogP contribution in [0.25, 0.3) is 5.65 Å². The Bertz CT molecular complexity index is 1000. The van der Waals surface area contributed by atoms with E-state index in [2.05, 4.69) is 25.1 Å². The minimum atomic E-state index is -0.0190. The number of carbonyl (C=O) groups excluding carboxylic acids is 1. The SMILES string of the molecule is Cc1nc2cncc(N3CCN(C(=O)c4noc5c4CCCC5)CC3)n2n1. The van der Waals surface area contributed by atoms with Crippen molar-refractivity contribution in [2.24, 2.45) is 0 Å². The quantitative estimate of drug-likeness (QED) is 0.673. The molecule has 1 saturated heterocycles. The van der Waals surface area contributed by atoms with Gasteiger partial charge in [0.05, 0.1) is 12.4 Å². The van der Waals surface area contributed by atoms with Crippen molar-refractivity contribution in [2.45, 2.75) is 32.6 Å². The fraction of sp³-hybridized carbons (Fsp3) is 0.500. The Labute approximate surface area is 156 Å². The van der Waals surface area contributed by atoms with Gasteiger partial charge < -0.3 is 14.3 Å². The van der Waals surface area contributed by atoms with E-state index in [1.165, 1.54) is 0 Å². The maximum absolute atomic E-state index is 12.9. The molecule has 9 nitrogen and oxygen atoms in total. The summed E-state index contributed by atoms with van der Waals surface area (Å²) in [5.74, 6) is 2.49. The zero-order valence-electron chi connectivity index (χ0n) is 15.3. The van der Waals surface area contributed by atoms with Crippen molar-refractivity contribution in [3.05, 3.63) is 35.2 Å². The minimum Gasteiger partial charge on any atom is -0.360 e. The summed E-state index contributed by atoms with van der Waals surface area (Å²) in [7, 11) is 0. The molecule has 0 unspecified atom stereocenters. The van der Waals surface area contributed by atoms with Crippen LogP contribution in [0.15, 0.2) is 16.9 Å². The van der Waals surface area contributed by atoms with E-state index in [9.17, 15) is 4.79 Å². The highest BCUT2D eigenvalue weighted by molar-refractivity contribution is 5.94. The van der Waals surface area contributed by atoms with E-state index in [-0.39, 0.29) is 5.91 Å². The first-order valence-electron chi connectivity index (χ1n) is 9.40. The molecule has 9 heteroatoms. The summed E-state index contributed by atoms with van der Waals surface area (Å²) < 4.78 is 7.22. The average Bonchev–Trinajstić information content (AvgIpc) is 3.30. The fourth-order valence-electron chi connectivity index (χ4n) is 3.97. The standard InChI is InChI=1S/C18H21N7O2/c1-12-20-15-10-19-11-16(25(15)21-12)23-6-8-24(9-7-23)18(26)17-13-4-2-3-5-14(13)27-22-17/h10-11H,2-9H2,1H3. The predicted octanol–water partition coefficient (Wildman–Crippen LogP) is 1.26. The van der Waals surface area contributed by atoms with Gasteiger partial charge in [0.15, 0.2) is 17.2 Å². The topological polar surface area (TPSA) is 92.7 Å². The molecule has 0 atom stereocenters. The van der Waals surface area contributed by atoms with Crippen molar-refractivity contribution in [2.75, 3.05) is 31.1 Å². The second-order valence-corrected chi connectivity index (χ2v) is 7.11. The van der Waals surface area contributed by atoms with Crippen LogP contribution < -0.4 is 4.90 Å². The summed E-state index contributed by atoms with van der Waals surface area (Å²) in [6.07, 6.45) is 7.48. The lowest BCUT2D eigenvalue weighted by Gasteiger charge is -2.35. The zero-order valence-corrected chi connectivity index (χ0v) is 15.3. The third-order valence-corrected chi connectivity index (χ3v) is 5.38. The number of hydrogen-bond donors (Lipinski definition) is 0. The molecule has 3 aromatic rings. The number of carbonyl (C=O) groups is 1. The van der Waals surface area contributed by atoms with Gasteiger partial charge >= 0.3 is 0 Å². The molecule has 27 heavy (non-hydrogen) atoms. The van der Waals surface area contributed by atoms with E-state index in [1.807, 2.05) is 16.3 Å². The summed E-state index contributed by atoms with van der Waals surface area (Å²) in [5.41, 5.74) is 2.26. The number of amides is 1. The maximum atomic E-state index is 12.9. The molecular weight excluding hydrogens is 346 g/mol. The fourth-order valence-corrected chi connectivity index (χ4v) is 3.97. The van der Waals surface area contributed by atoms with Gasteiger partial charge in [-0.15, -0.1) is 5.10 Å². The first kappa shape index (κ1) is 16.2. The molecule has 2 aliphatic rings. The molecule has 0 aromatic carbocycles. The molecule has 1 amide bonds. The lowest BCUT2D eigenvalue weighted by atomic mass is 9.96. The number of hydrogen-bond acceptors (Lipinski definition) is 7. The van der Waals surface area contributed by atoms with Crippen LogP contribution in [0, 0.1) is 6.92 Å². The summed E-state index contributed by atoms with van der Waals surface area (Å²) in [6.45, 7) is 4.55. The number of fused-ring (bicyclic) bond motifs is 2. The number of aromatic nitrogens is 5. The molecule has 0 spiro atoms.